The Labute approximate surface area is 123 Å². The topological polar surface area (TPSA) is 60.3 Å². The van der Waals surface area contributed by atoms with E-state index >= 15 is 0 Å². The molecule has 0 fully saturated rings. The van der Waals surface area contributed by atoms with Crippen LogP contribution in [0.2, 0.25) is 0 Å². The fourth-order valence-corrected chi connectivity index (χ4v) is 2.54. The van der Waals surface area contributed by atoms with E-state index in [0.717, 1.165) is 15.9 Å². The van der Waals surface area contributed by atoms with Crippen molar-refractivity contribution >= 4 is 28.9 Å². The zero-order chi connectivity index (χ0) is 15.4. The van der Waals surface area contributed by atoms with E-state index in [4.69, 9.17) is 0 Å². The number of nitrogens with zero attached hydrogens (tertiary/aromatic N) is 1. The van der Waals surface area contributed by atoms with Gasteiger partial charge in [-0.3, -0.25) is 4.79 Å². The molecule has 8 heteroatoms. The van der Waals surface area contributed by atoms with Crippen LogP contribution < -0.4 is 5.32 Å². The molecule has 1 N–H and O–H groups in total. The van der Waals surface area contributed by atoms with Crippen molar-refractivity contribution in [2.45, 2.75) is 13.0 Å². The van der Waals surface area contributed by atoms with Crippen LogP contribution in [0.25, 0.3) is 0 Å². The highest BCUT2D eigenvalue weighted by Gasteiger charge is 2.18. The molecule has 2 heterocycles. The summed E-state index contributed by atoms with van der Waals surface area (Å²) in [5.74, 6) is -1.13. The van der Waals surface area contributed by atoms with Crippen LogP contribution in [0.1, 0.15) is 20.2 Å². The van der Waals surface area contributed by atoms with Gasteiger partial charge in [-0.1, -0.05) is 0 Å². The third kappa shape index (κ3) is 3.46. The van der Waals surface area contributed by atoms with E-state index < -0.39 is 24.8 Å². The summed E-state index contributed by atoms with van der Waals surface area (Å²) in [6.45, 7) is -0.566. The molecule has 112 valence electrons. The van der Waals surface area contributed by atoms with Crippen molar-refractivity contribution in [3.05, 3.63) is 40.3 Å². The summed E-state index contributed by atoms with van der Waals surface area (Å²) in [5, 5.41) is 4.15. The number of aromatic nitrogens is 1. The summed E-state index contributed by atoms with van der Waals surface area (Å²) in [5.41, 5.74) is 0.388. The lowest BCUT2D eigenvalue weighted by molar-refractivity contribution is 0.0607. The minimum Gasteiger partial charge on any atom is -0.465 e. The first-order valence-electron chi connectivity index (χ1n) is 5.93. The van der Waals surface area contributed by atoms with Gasteiger partial charge in [-0.15, -0.1) is 11.3 Å². The zero-order valence-electron chi connectivity index (χ0n) is 11.0. The van der Waals surface area contributed by atoms with Crippen molar-refractivity contribution in [2.24, 2.45) is 0 Å². The van der Waals surface area contributed by atoms with E-state index in [1.165, 1.54) is 25.4 Å². The standard InChI is InChI=1S/C13H12F2N2O3S/c1-20-13(19)11-8(4-6-21-11)16-12(18)9-3-2-5-17(9)7-10(14)15/h2-6,10H,7H2,1H3,(H,16,18). The molecule has 2 aromatic heterocycles. The fraction of sp³-hybridized carbons (Fsp3) is 0.231. The largest absolute Gasteiger partial charge is 0.465 e. The first-order valence-corrected chi connectivity index (χ1v) is 6.81. The summed E-state index contributed by atoms with van der Waals surface area (Å²) in [7, 11) is 1.24. The number of hydrogen-bond acceptors (Lipinski definition) is 4. The average Bonchev–Trinajstić information content (AvgIpc) is 3.06. The summed E-state index contributed by atoms with van der Waals surface area (Å²) in [6, 6.07) is 4.49. The quantitative estimate of drug-likeness (QED) is 0.863. The number of methoxy groups -OCH3 is 1. The number of rotatable bonds is 5. The molecule has 0 aliphatic rings. The van der Waals surface area contributed by atoms with Gasteiger partial charge >= 0.3 is 5.97 Å². The third-order valence-electron chi connectivity index (χ3n) is 2.68. The van der Waals surface area contributed by atoms with Crippen molar-refractivity contribution in [1.29, 1.82) is 0 Å². The molecule has 0 atom stereocenters. The van der Waals surface area contributed by atoms with E-state index in [-0.39, 0.29) is 10.6 Å². The summed E-state index contributed by atoms with van der Waals surface area (Å²) in [6.07, 6.45) is -1.16. The monoisotopic (exact) mass is 314 g/mol. The predicted octanol–water partition coefficient (Wildman–Crippen LogP) is 2.85. The Morgan fingerprint density at radius 3 is 2.86 bits per heavy atom. The van der Waals surface area contributed by atoms with E-state index in [1.807, 2.05) is 0 Å². The van der Waals surface area contributed by atoms with Gasteiger partial charge < -0.3 is 14.6 Å². The van der Waals surface area contributed by atoms with Crippen LogP contribution >= 0.6 is 11.3 Å². The Kier molecular flexibility index (Phi) is 4.69. The molecule has 0 saturated heterocycles. The van der Waals surface area contributed by atoms with Crippen molar-refractivity contribution in [3.63, 3.8) is 0 Å². The number of carbonyl (C=O) groups excluding carboxylic acids is 2. The van der Waals surface area contributed by atoms with E-state index in [2.05, 4.69) is 10.1 Å². The molecule has 1 amide bonds. The minimum absolute atomic E-state index is 0.0947. The lowest BCUT2D eigenvalue weighted by Crippen LogP contribution is -2.19. The highest BCUT2D eigenvalue weighted by atomic mass is 32.1. The molecule has 0 bridgehead atoms. The van der Waals surface area contributed by atoms with Crippen LogP contribution in [0.15, 0.2) is 29.8 Å². The second kappa shape index (κ2) is 6.49. The van der Waals surface area contributed by atoms with Crippen LogP contribution in [-0.4, -0.2) is 30.0 Å². The van der Waals surface area contributed by atoms with Gasteiger partial charge in [0.25, 0.3) is 12.3 Å². The number of amides is 1. The second-order valence-electron chi connectivity index (χ2n) is 4.05. The van der Waals surface area contributed by atoms with Crippen molar-refractivity contribution < 1.29 is 23.1 Å². The minimum atomic E-state index is -2.56. The number of thiophene rings is 1. The first kappa shape index (κ1) is 15.2. The molecule has 0 aliphatic carbocycles. The molecule has 2 rings (SSSR count). The number of anilines is 1. The smallest absolute Gasteiger partial charge is 0.350 e. The Morgan fingerprint density at radius 1 is 1.43 bits per heavy atom. The van der Waals surface area contributed by atoms with Crippen LogP contribution in [-0.2, 0) is 11.3 Å². The number of alkyl halides is 2. The van der Waals surface area contributed by atoms with Gasteiger partial charge in [0.2, 0.25) is 0 Å². The average molecular weight is 314 g/mol. The number of carbonyl (C=O) groups is 2. The molecule has 0 spiro atoms. The molecule has 0 saturated carbocycles. The molecular formula is C13H12F2N2O3S. The maximum absolute atomic E-state index is 12.4. The first-order chi connectivity index (χ1) is 10.0. The Hall–Kier alpha value is -2.22. The van der Waals surface area contributed by atoms with E-state index in [1.54, 1.807) is 11.4 Å². The zero-order valence-corrected chi connectivity index (χ0v) is 11.8. The lowest BCUT2D eigenvalue weighted by Gasteiger charge is -2.09. The van der Waals surface area contributed by atoms with Gasteiger partial charge in [-0.25, -0.2) is 13.6 Å². The summed E-state index contributed by atoms with van der Waals surface area (Å²) >= 11 is 1.12. The third-order valence-corrected chi connectivity index (χ3v) is 3.58. The summed E-state index contributed by atoms with van der Waals surface area (Å²) in [4.78, 5) is 23.9. The number of esters is 1. The molecule has 0 unspecified atom stereocenters. The Balaban J connectivity index is 2.17. The molecule has 5 nitrogen and oxygen atoms in total. The van der Waals surface area contributed by atoms with Gasteiger partial charge in [0.1, 0.15) is 10.6 Å². The normalized spacial score (nSPS) is 10.7. The highest BCUT2D eigenvalue weighted by Crippen LogP contribution is 2.23. The number of nitrogens with one attached hydrogen (secondary N) is 1. The van der Waals surface area contributed by atoms with Gasteiger partial charge in [0, 0.05) is 6.20 Å². The van der Waals surface area contributed by atoms with Crippen LogP contribution in [0.3, 0.4) is 0 Å². The fourth-order valence-electron chi connectivity index (χ4n) is 1.77. The second-order valence-corrected chi connectivity index (χ2v) is 4.96. The summed E-state index contributed by atoms with van der Waals surface area (Å²) < 4.78 is 30.6. The SMILES string of the molecule is COC(=O)c1sccc1NC(=O)c1cccn1CC(F)F. The van der Waals surface area contributed by atoms with Gasteiger partial charge in [0.05, 0.1) is 19.3 Å². The van der Waals surface area contributed by atoms with Crippen LogP contribution in [0, 0.1) is 0 Å². The maximum atomic E-state index is 12.4. The van der Waals surface area contributed by atoms with Crippen LogP contribution in [0.5, 0.6) is 0 Å². The van der Waals surface area contributed by atoms with Crippen LogP contribution in [0.4, 0.5) is 14.5 Å². The van der Waals surface area contributed by atoms with Gasteiger partial charge in [-0.2, -0.15) is 0 Å². The maximum Gasteiger partial charge on any atom is 0.350 e. The highest BCUT2D eigenvalue weighted by molar-refractivity contribution is 7.12. The van der Waals surface area contributed by atoms with E-state index in [9.17, 15) is 18.4 Å². The number of halogens is 2. The molecule has 21 heavy (non-hydrogen) atoms. The number of hydrogen-bond donors (Lipinski definition) is 1. The van der Waals surface area contributed by atoms with Gasteiger partial charge in [-0.05, 0) is 23.6 Å². The Morgan fingerprint density at radius 2 is 2.19 bits per heavy atom. The lowest BCUT2D eigenvalue weighted by atomic mass is 10.3. The van der Waals surface area contributed by atoms with E-state index in [0.29, 0.717) is 5.69 Å². The molecule has 2 aromatic rings. The predicted molar refractivity (Wildman–Crippen MR) is 74.0 cm³/mol. The van der Waals surface area contributed by atoms with Gasteiger partial charge in [0.15, 0.2) is 0 Å². The van der Waals surface area contributed by atoms with Crippen molar-refractivity contribution in [3.8, 4) is 0 Å². The molecular weight excluding hydrogens is 302 g/mol. The number of ether oxygens (including phenoxy) is 1. The van der Waals surface area contributed by atoms with Crippen molar-refractivity contribution in [1.82, 2.24) is 4.57 Å². The Bertz CT molecular complexity index is 651. The molecule has 0 radical (unpaired) electrons. The molecule has 0 aromatic carbocycles. The van der Waals surface area contributed by atoms with Crippen molar-refractivity contribution in [2.75, 3.05) is 12.4 Å². The molecule has 0 aliphatic heterocycles.